The van der Waals surface area contributed by atoms with E-state index in [2.05, 4.69) is 35.1 Å². The van der Waals surface area contributed by atoms with Crippen molar-refractivity contribution < 1.29 is 4.39 Å². The zero-order valence-corrected chi connectivity index (χ0v) is 16.4. The Hall–Kier alpha value is -3.29. The highest BCUT2D eigenvalue weighted by Gasteiger charge is 2.20. The molecule has 2 aromatic heterocycles. The second-order valence-electron chi connectivity index (χ2n) is 6.95. The van der Waals surface area contributed by atoms with E-state index in [1.165, 1.54) is 6.07 Å². The molecule has 1 aliphatic rings. The average molecular weight is 393 g/mol. The lowest BCUT2D eigenvalue weighted by molar-refractivity contribution is 0.610. The van der Waals surface area contributed by atoms with Gasteiger partial charge in [-0.3, -0.25) is 0 Å². The SMILES string of the molecule is Cc1nc(NCCc2ccccc2F)cc(N2CCN(c3ncccn3)CC2)n1. The maximum Gasteiger partial charge on any atom is 0.225 e. The minimum absolute atomic E-state index is 0.172. The van der Waals surface area contributed by atoms with Crippen molar-refractivity contribution >= 4 is 17.6 Å². The lowest BCUT2D eigenvalue weighted by Gasteiger charge is -2.35. The molecule has 0 amide bonds. The van der Waals surface area contributed by atoms with Crippen molar-refractivity contribution in [3.8, 4) is 0 Å². The number of benzene rings is 1. The molecule has 7 nitrogen and oxygen atoms in total. The van der Waals surface area contributed by atoms with E-state index < -0.39 is 0 Å². The molecule has 0 bridgehead atoms. The van der Waals surface area contributed by atoms with Gasteiger partial charge in [0.05, 0.1) is 0 Å². The van der Waals surface area contributed by atoms with Crippen molar-refractivity contribution in [2.75, 3.05) is 47.8 Å². The number of halogens is 1. The third-order valence-corrected chi connectivity index (χ3v) is 4.92. The fraction of sp³-hybridized carbons (Fsp3) is 0.333. The number of hydrogen-bond donors (Lipinski definition) is 1. The van der Waals surface area contributed by atoms with Crippen molar-refractivity contribution in [3.05, 3.63) is 66.0 Å². The quantitative estimate of drug-likeness (QED) is 0.690. The fourth-order valence-electron chi connectivity index (χ4n) is 3.42. The van der Waals surface area contributed by atoms with E-state index in [-0.39, 0.29) is 5.82 Å². The zero-order valence-electron chi connectivity index (χ0n) is 16.4. The second kappa shape index (κ2) is 8.81. The van der Waals surface area contributed by atoms with E-state index in [1.807, 2.05) is 31.2 Å². The zero-order chi connectivity index (χ0) is 20.1. The minimum atomic E-state index is -0.172. The molecular formula is C21H24FN7. The molecule has 29 heavy (non-hydrogen) atoms. The number of aryl methyl sites for hydroxylation is 1. The summed E-state index contributed by atoms with van der Waals surface area (Å²) >= 11 is 0. The predicted octanol–water partition coefficient (Wildman–Crippen LogP) is 2.70. The minimum Gasteiger partial charge on any atom is -0.370 e. The maximum atomic E-state index is 13.8. The Bertz CT molecular complexity index is 943. The highest BCUT2D eigenvalue weighted by molar-refractivity contribution is 5.51. The molecule has 1 aliphatic heterocycles. The predicted molar refractivity (Wildman–Crippen MR) is 112 cm³/mol. The van der Waals surface area contributed by atoms with E-state index in [4.69, 9.17) is 0 Å². The van der Waals surface area contributed by atoms with Gasteiger partial charge in [0, 0.05) is 51.2 Å². The van der Waals surface area contributed by atoms with E-state index in [0.717, 1.165) is 43.8 Å². The highest BCUT2D eigenvalue weighted by atomic mass is 19.1. The first kappa shape index (κ1) is 19.0. The summed E-state index contributed by atoms with van der Waals surface area (Å²) in [6, 6.07) is 10.6. The molecule has 1 saturated heterocycles. The normalized spacial score (nSPS) is 14.1. The molecular weight excluding hydrogens is 369 g/mol. The Morgan fingerprint density at radius 3 is 2.45 bits per heavy atom. The lowest BCUT2D eigenvalue weighted by atomic mass is 10.1. The first-order valence-electron chi connectivity index (χ1n) is 9.79. The van der Waals surface area contributed by atoms with Crippen LogP contribution < -0.4 is 15.1 Å². The fourth-order valence-corrected chi connectivity index (χ4v) is 3.42. The Kier molecular flexibility index (Phi) is 5.79. The maximum absolute atomic E-state index is 13.8. The van der Waals surface area contributed by atoms with Crippen LogP contribution >= 0.6 is 0 Å². The molecule has 3 aromatic rings. The van der Waals surface area contributed by atoms with Gasteiger partial charge in [-0.05, 0) is 31.0 Å². The first-order valence-corrected chi connectivity index (χ1v) is 9.79. The van der Waals surface area contributed by atoms with Crippen LogP contribution in [0.2, 0.25) is 0 Å². The largest absolute Gasteiger partial charge is 0.370 e. The van der Waals surface area contributed by atoms with Crippen LogP contribution in [0.3, 0.4) is 0 Å². The molecule has 150 valence electrons. The van der Waals surface area contributed by atoms with Gasteiger partial charge in [0.25, 0.3) is 0 Å². The smallest absolute Gasteiger partial charge is 0.225 e. The summed E-state index contributed by atoms with van der Waals surface area (Å²) in [6.07, 6.45) is 4.13. The summed E-state index contributed by atoms with van der Waals surface area (Å²) in [7, 11) is 0. The van der Waals surface area contributed by atoms with Crippen molar-refractivity contribution in [2.45, 2.75) is 13.3 Å². The molecule has 1 N–H and O–H groups in total. The van der Waals surface area contributed by atoms with Gasteiger partial charge in [0.15, 0.2) is 0 Å². The van der Waals surface area contributed by atoms with Crippen LogP contribution in [0.4, 0.5) is 22.0 Å². The summed E-state index contributed by atoms with van der Waals surface area (Å²) in [5, 5.41) is 3.30. The van der Waals surface area contributed by atoms with Crippen molar-refractivity contribution in [3.63, 3.8) is 0 Å². The van der Waals surface area contributed by atoms with Gasteiger partial charge in [0.1, 0.15) is 23.3 Å². The van der Waals surface area contributed by atoms with Gasteiger partial charge >= 0.3 is 0 Å². The van der Waals surface area contributed by atoms with Crippen LogP contribution in [0.5, 0.6) is 0 Å². The Morgan fingerprint density at radius 1 is 0.966 bits per heavy atom. The third kappa shape index (κ3) is 4.77. The van der Waals surface area contributed by atoms with Crippen LogP contribution in [-0.4, -0.2) is 52.7 Å². The molecule has 3 heterocycles. The van der Waals surface area contributed by atoms with Crippen molar-refractivity contribution in [1.29, 1.82) is 0 Å². The molecule has 1 fully saturated rings. The second-order valence-corrected chi connectivity index (χ2v) is 6.95. The number of nitrogens with one attached hydrogen (secondary N) is 1. The molecule has 0 radical (unpaired) electrons. The highest BCUT2D eigenvalue weighted by Crippen LogP contribution is 2.19. The molecule has 8 heteroatoms. The van der Waals surface area contributed by atoms with Crippen LogP contribution in [-0.2, 0) is 6.42 Å². The van der Waals surface area contributed by atoms with Gasteiger partial charge in [-0.25, -0.2) is 24.3 Å². The Labute approximate surface area is 169 Å². The Morgan fingerprint density at radius 2 is 1.69 bits per heavy atom. The molecule has 0 aliphatic carbocycles. The van der Waals surface area contributed by atoms with Crippen LogP contribution in [0, 0.1) is 12.7 Å². The molecule has 0 unspecified atom stereocenters. The Balaban J connectivity index is 1.36. The van der Waals surface area contributed by atoms with E-state index in [0.29, 0.717) is 24.4 Å². The van der Waals surface area contributed by atoms with Crippen molar-refractivity contribution in [1.82, 2.24) is 19.9 Å². The molecule has 0 atom stereocenters. The van der Waals surface area contributed by atoms with Crippen LogP contribution in [0.25, 0.3) is 0 Å². The van der Waals surface area contributed by atoms with Gasteiger partial charge in [-0.2, -0.15) is 0 Å². The summed E-state index contributed by atoms with van der Waals surface area (Å²) in [6.45, 7) is 5.84. The number of anilines is 3. The van der Waals surface area contributed by atoms with Gasteiger partial charge in [-0.15, -0.1) is 0 Å². The monoisotopic (exact) mass is 393 g/mol. The van der Waals surface area contributed by atoms with E-state index in [1.54, 1.807) is 18.5 Å². The topological polar surface area (TPSA) is 70.1 Å². The van der Waals surface area contributed by atoms with E-state index in [9.17, 15) is 4.39 Å². The van der Waals surface area contributed by atoms with Crippen LogP contribution in [0.15, 0.2) is 48.8 Å². The summed E-state index contributed by atoms with van der Waals surface area (Å²) in [5.41, 5.74) is 0.699. The first-order chi connectivity index (χ1) is 14.2. The standard InChI is InChI=1S/C21H24FN7/c1-16-26-19(23-10-7-17-5-2-3-6-18(17)22)15-20(27-16)28-11-13-29(14-12-28)21-24-8-4-9-25-21/h2-6,8-9,15H,7,10-14H2,1H3,(H,23,26,27). The third-order valence-electron chi connectivity index (χ3n) is 4.92. The summed E-state index contributed by atoms with van der Waals surface area (Å²) in [4.78, 5) is 22.2. The van der Waals surface area contributed by atoms with Gasteiger partial charge in [0.2, 0.25) is 5.95 Å². The molecule has 4 rings (SSSR count). The number of aromatic nitrogens is 4. The lowest BCUT2D eigenvalue weighted by Crippen LogP contribution is -2.47. The van der Waals surface area contributed by atoms with E-state index >= 15 is 0 Å². The molecule has 0 saturated carbocycles. The molecule has 1 aromatic carbocycles. The average Bonchev–Trinajstić information content (AvgIpc) is 2.75. The summed E-state index contributed by atoms with van der Waals surface area (Å²) < 4.78 is 13.8. The van der Waals surface area contributed by atoms with Crippen LogP contribution in [0.1, 0.15) is 11.4 Å². The number of piperazine rings is 1. The summed E-state index contributed by atoms with van der Waals surface area (Å²) in [5.74, 6) is 2.97. The number of nitrogens with zero attached hydrogens (tertiary/aromatic N) is 6. The van der Waals surface area contributed by atoms with Gasteiger partial charge in [-0.1, -0.05) is 18.2 Å². The van der Waals surface area contributed by atoms with Crippen molar-refractivity contribution in [2.24, 2.45) is 0 Å². The molecule has 0 spiro atoms. The number of rotatable bonds is 6. The van der Waals surface area contributed by atoms with Gasteiger partial charge < -0.3 is 15.1 Å². The number of hydrogen-bond acceptors (Lipinski definition) is 7.